The molecule has 0 aliphatic rings. The number of benzene rings is 1. The Labute approximate surface area is 152 Å². The summed E-state index contributed by atoms with van der Waals surface area (Å²) in [5, 5.41) is 5.92. The van der Waals surface area contributed by atoms with Crippen molar-refractivity contribution in [2.24, 2.45) is 0 Å². The van der Waals surface area contributed by atoms with Crippen molar-refractivity contribution >= 4 is 11.7 Å². The molecule has 0 radical (unpaired) electrons. The number of nitrogens with one attached hydrogen (secondary N) is 2. The number of amides is 1. The van der Waals surface area contributed by atoms with Gasteiger partial charge in [-0.3, -0.25) is 4.79 Å². The Balaban J connectivity index is 1.90. The number of hydrogen-bond acceptors (Lipinski definition) is 7. The monoisotopic (exact) mass is 360 g/mol. The number of anilines is 1. The van der Waals surface area contributed by atoms with E-state index < -0.39 is 0 Å². The molecule has 2 N–H and O–H groups in total. The molecule has 8 heteroatoms. The Morgan fingerprint density at radius 3 is 2.58 bits per heavy atom. The Kier molecular flexibility index (Phi) is 7.63. The lowest BCUT2D eigenvalue weighted by Gasteiger charge is -2.10. The van der Waals surface area contributed by atoms with E-state index in [1.807, 2.05) is 18.2 Å². The van der Waals surface area contributed by atoms with Crippen LogP contribution in [0.15, 0.2) is 30.6 Å². The van der Waals surface area contributed by atoms with Gasteiger partial charge in [0.2, 0.25) is 0 Å². The maximum absolute atomic E-state index is 12.0. The molecule has 0 saturated carbocycles. The molecule has 1 amide bonds. The summed E-state index contributed by atoms with van der Waals surface area (Å²) in [6.45, 7) is 1.53. The van der Waals surface area contributed by atoms with Crippen LogP contribution in [0.3, 0.4) is 0 Å². The lowest BCUT2D eigenvalue weighted by Crippen LogP contribution is -2.27. The first-order valence-electron chi connectivity index (χ1n) is 8.22. The molecule has 2 aromatic rings. The van der Waals surface area contributed by atoms with Crippen LogP contribution in [0.5, 0.6) is 11.5 Å². The van der Waals surface area contributed by atoms with Crippen LogP contribution in [0.4, 0.5) is 5.82 Å². The van der Waals surface area contributed by atoms with Gasteiger partial charge in [0.05, 0.1) is 20.8 Å². The molecule has 1 aromatic carbocycles. The summed E-state index contributed by atoms with van der Waals surface area (Å²) in [7, 11) is 4.80. The molecule has 1 heterocycles. The third-order valence-corrected chi connectivity index (χ3v) is 3.66. The van der Waals surface area contributed by atoms with Gasteiger partial charge in [0, 0.05) is 26.3 Å². The number of carbonyl (C=O) groups is 1. The van der Waals surface area contributed by atoms with Crippen molar-refractivity contribution in [2.45, 2.75) is 6.42 Å². The standard InChI is InChI=1S/C18H24N4O4/c1-24-9-8-20-18(23)14-11-17(22-12-21-14)19-7-6-13-4-5-15(25-2)16(10-13)26-3/h4-5,10-12H,6-9H2,1-3H3,(H,20,23)(H,19,21,22). The van der Waals surface area contributed by atoms with Crippen molar-refractivity contribution in [3.05, 3.63) is 41.9 Å². The van der Waals surface area contributed by atoms with Gasteiger partial charge in [0.15, 0.2) is 11.5 Å². The second-order valence-electron chi connectivity index (χ2n) is 5.40. The summed E-state index contributed by atoms with van der Waals surface area (Å²) in [5.41, 5.74) is 1.41. The van der Waals surface area contributed by atoms with Crippen molar-refractivity contribution in [1.82, 2.24) is 15.3 Å². The molecule has 0 spiro atoms. The number of carbonyl (C=O) groups excluding carboxylic acids is 1. The van der Waals surface area contributed by atoms with Crippen LogP contribution in [-0.4, -0.2) is 56.9 Å². The molecule has 0 bridgehead atoms. The molecule has 0 aliphatic carbocycles. The van der Waals surface area contributed by atoms with Gasteiger partial charge in [0.1, 0.15) is 17.8 Å². The highest BCUT2D eigenvalue weighted by atomic mass is 16.5. The van der Waals surface area contributed by atoms with Crippen LogP contribution >= 0.6 is 0 Å². The number of methoxy groups -OCH3 is 3. The largest absolute Gasteiger partial charge is 0.493 e. The van der Waals surface area contributed by atoms with E-state index in [0.29, 0.717) is 42.7 Å². The van der Waals surface area contributed by atoms with Gasteiger partial charge in [-0.25, -0.2) is 9.97 Å². The molecule has 0 unspecified atom stereocenters. The number of nitrogens with zero attached hydrogens (tertiary/aromatic N) is 2. The Hall–Kier alpha value is -2.87. The lowest BCUT2D eigenvalue weighted by molar-refractivity contribution is 0.0932. The third kappa shape index (κ3) is 5.59. The molecule has 0 atom stereocenters. The molecule has 1 aromatic heterocycles. The summed E-state index contributed by atoms with van der Waals surface area (Å²) in [4.78, 5) is 20.1. The fourth-order valence-corrected chi connectivity index (χ4v) is 2.31. The topological polar surface area (TPSA) is 94.6 Å². The van der Waals surface area contributed by atoms with E-state index in [9.17, 15) is 4.79 Å². The lowest BCUT2D eigenvalue weighted by atomic mass is 10.1. The zero-order valence-electron chi connectivity index (χ0n) is 15.2. The van der Waals surface area contributed by atoms with E-state index in [0.717, 1.165) is 12.0 Å². The summed E-state index contributed by atoms with van der Waals surface area (Å²) < 4.78 is 15.4. The third-order valence-electron chi connectivity index (χ3n) is 3.66. The number of hydrogen-bond donors (Lipinski definition) is 2. The summed E-state index contributed by atoms with van der Waals surface area (Å²) in [5.74, 6) is 1.73. The number of aromatic nitrogens is 2. The molecule has 0 fully saturated rings. The summed E-state index contributed by atoms with van der Waals surface area (Å²) in [6, 6.07) is 7.42. The first kappa shape index (κ1) is 19.5. The highest BCUT2D eigenvalue weighted by Gasteiger charge is 2.08. The number of ether oxygens (including phenoxy) is 3. The minimum absolute atomic E-state index is 0.257. The minimum atomic E-state index is -0.257. The second kappa shape index (κ2) is 10.2. The fraction of sp³-hybridized carbons (Fsp3) is 0.389. The van der Waals surface area contributed by atoms with Gasteiger partial charge in [-0.1, -0.05) is 6.07 Å². The van der Waals surface area contributed by atoms with Crippen molar-refractivity contribution < 1.29 is 19.0 Å². The van der Waals surface area contributed by atoms with E-state index in [-0.39, 0.29) is 5.91 Å². The summed E-state index contributed by atoms with van der Waals surface area (Å²) >= 11 is 0. The van der Waals surface area contributed by atoms with Crippen molar-refractivity contribution in [3.63, 3.8) is 0 Å². The van der Waals surface area contributed by atoms with E-state index in [1.54, 1.807) is 27.4 Å². The van der Waals surface area contributed by atoms with Crippen molar-refractivity contribution in [1.29, 1.82) is 0 Å². The predicted octanol–water partition coefficient (Wildman–Crippen LogP) is 1.52. The first-order chi connectivity index (χ1) is 12.7. The van der Waals surface area contributed by atoms with Gasteiger partial charge in [-0.15, -0.1) is 0 Å². The predicted molar refractivity (Wildman–Crippen MR) is 98.0 cm³/mol. The van der Waals surface area contributed by atoms with Crippen LogP contribution in [0.25, 0.3) is 0 Å². The second-order valence-corrected chi connectivity index (χ2v) is 5.40. The smallest absolute Gasteiger partial charge is 0.270 e. The Morgan fingerprint density at radius 2 is 1.85 bits per heavy atom. The van der Waals surface area contributed by atoms with E-state index in [2.05, 4.69) is 20.6 Å². The molecule has 8 nitrogen and oxygen atoms in total. The molecule has 0 saturated heterocycles. The van der Waals surface area contributed by atoms with Gasteiger partial charge >= 0.3 is 0 Å². The fourth-order valence-electron chi connectivity index (χ4n) is 2.31. The van der Waals surface area contributed by atoms with Crippen LogP contribution in [0.1, 0.15) is 16.1 Å². The SMILES string of the molecule is COCCNC(=O)c1cc(NCCc2ccc(OC)c(OC)c2)ncn1. The molecular formula is C18H24N4O4. The van der Waals surface area contributed by atoms with Gasteiger partial charge in [0.25, 0.3) is 5.91 Å². The van der Waals surface area contributed by atoms with Gasteiger partial charge < -0.3 is 24.8 Å². The molecule has 26 heavy (non-hydrogen) atoms. The number of rotatable bonds is 10. The van der Waals surface area contributed by atoms with Crippen molar-refractivity contribution in [2.75, 3.05) is 46.3 Å². The molecular weight excluding hydrogens is 336 g/mol. The maximum atomic E-state index is 12.0. The van der Waals surface area contributed by atoms with E-state index in [4.69, 9.17) is 14.2 Å². The van der Waals surface area contributed by atoms with E-state index >= 15 is 0 Å². The molecule has 2 rings (SSSR count). The van der Waals surface area contributed by atoms with Crippen LogP contribution in [0.2, 0.25) is 0 Å². The first-order valence-corrected chi connectivity index (χ1v) is 8.22. The molecule has 0 aliphatic heterocycles. The van der Waals surface area contributed by atoms with E-state index in [1.165, 1.54) is 6.33 Å². The quantitative estimate of drug-likeness (QED) is 0.620. The molecule has 140 valence electrons. The average Bonchev–Trinajstić information content (AvgIpc) is 2.68. The average molecular weight is 360 g/mol. The minimum Gasteiger partial charge on any atom is -0.493 e. The van der Waals surface area contributed by atoms with Crippen molar-refractivity contribution in [3.8, 4) is 11.5 Å². The van der Waals surface area contributed by atoms with Gasteiger partial charge in [-0.2, -0.15) is 0 Å². The van der Waals surface area contributed by atoms with Crippen LogP contribution < -0.4 is 20.1 Å². The van der Waals surface area contributed by atoms with Crippen LogP contribution in [-0.2, 0) is 11.2 Å². The highest BCUT2D eigenvalue weighted by molar-refractivity contribution is 5.92. The Morgan fingerprint density at radius 1 is 1.04 bits per heavy atom. The maximum Gasteiger partial charge on any atom is 0.270 e. The zero-order chi connectivity index (χ0) is 18.8. The summed E-state index contributed by atoms with van der Waals surface area (Å²) in [6.07, 6.45) is 2.13. The van der Waals surface area contributed by atoms with Gasteiger partial charge in [-0.05, 0) is 24.1 Å². The Bertz CT molecular complexity index is 724. The normalized spacial score (nSPS) is 10.3. The zero-order valence-corrected chi connectivity index (χ0v) is 15.2. The highest BCUT2D eigenvalue weighted by Crippen LogP contribution is 2.27. The van der Waals surface area contributed by atoms with Crippen LogP contribution in [0, 0.1) is 0 Å².